The van der Waals surface area contributed by atoms with Crippen LogP contribution in [0.5, 0.6) is 0 Å². The van der Waals surface area contributed by atoms with E-state index in [1.165, 1.54) is 10.8 Å². The zero-order valence-electron chi connectivity index (χ0n) is 8.12. The highest BCUT2D eigenvalue weighted by molar-refractivity contribution is 7.93. The first-order chi connectivity index (χ1) is 7.41. The molecule has 0 bridgehead atoms. The van der Waals surface area contributed by atoms with Gasteiger partial charge in [0.2, 0.25) is 0 Å². The molecule has 0 atom stereocenters. The molecule has 0 aliphatic heterocycles. The number of rotatable bonds is 3. The van der Waals surface area contributed by atoms with Crippen molar-refractivity contribution in [2.45, 2.75) is 0 Å². The molecule has 1 aromatic rings. The molecule has 86 valence electrons. The van der Waals surface area contributed by atoms with Gasteiger partial charge in [-0.25, -0.2) is 17.9 Å². The molecule has 0 saturated heterocycles. The second-order valence-electron chi connectivity index (χ2n) is 2.88. The number of benzene rings is 1. The first-order valence-electron chi connectivity index (χ1n) is 4.19. The maximum atomic E-state index is 11.1. The van der Waals surface area contributed by atoms with E-state index in [2.05, 4.69) is 0 Å². The van der Waals surface area contributed by atoms with Crippen LogP contribution in [-0.4, -0.2) is 19.6 Å². The molecule has 0 aliphatic rings. The average molecular weight is 242 g/mol. The standard InChI is InChI=1S/C9H10N2O4S/c10-8-4-2-1-3-7(8)5-6-16(14,15)11-9(12)13/h1-6,11H,10H2,(H,12,13). The van der Waals surface area contributed by atoms with Crippen LogP contribution >= 0.6 is 0 Å². The molecule has 16 heavy (non-hydrogen) atoms. The molecule has 1 aromatic carbocycles. The third kappa shape index (κ3) is 3.62. The summed E-state index contributed by atoms with van der Waals surface area (Å²) in [6.45, 7) is 0. The molecule has 0 aromatic heterocycles. The van der Waals surface area contributed by atoms with Crippen LogP contribution in [0.3, 0.4) is 0 Å². The highest BCUT2D eigenvalue weighted by Gasteiger charge is 2.08. The highest BCUT2D eigenvalue weighted by atomic mass is 32.2. The second-order valence-corrected chi connectivity index (χ2v) is 4.45. The Bertz CT molecular complexity index is 522. The Labute approximate surface area is 92.4 Å². The fraction of sp³-hybridized carbons (Fsp3) is 0. The van der Waals surface area contributed by atoms with Gasteiger partial charge >= 0.3 is 6.09 Å². The molecule has 1 amide bonds. The van der Waals surface area contributed by atoms with Crippen molar-refractivity contribution < 1.29 is 18.3 Å². The Morgan fingerprint density at radius 2 is 2.00 bits per heavy atom. The van der Waals surface area contributed by atoms with Crippen molar-refractivity contribution >= 4 is 27.9 Å². The lowest BCUT2D eigenvalue weighted by atomic mass is 10.2. The number of para-hydroxylation sites is 1. The van der Waals surface area contributed by atoms with E-state index in [-0.39, 0.29) is 0 Å². The van der Waals surface area contributed by atoms with Crippen LogP contribution in [0.2, 0.25) is 0 Å². The van der Waals surface area contributed by atoms with Crippen molar-refractivity contribution in [3.63, 3.8) is 0 Å². The number of nitrogen functional groups attached to an aromatic ring is 1. The zero-order chi connectivity index (χ0) is 12.2. The normalized spacial score (nSPS) is 11.5. The number of nitrogens with one attached hydrogen (secondary N) is 1. The lowest BCUT2D eigenvalue weighted by molar-refractivity contribution is 0.201. The summed E-state index contributed by atoms with van der Waals surface area (Å²) in [5.74, 6) is 0. The van der Waals surface area contributed by atoms with Crippen LogP contribution < -0.4 is 10.5 Å². The minimum absolute atomic E-state index is 0.407. The van der Waals surface area contributed by atoms with Crippen molar-refractivity contribution in [1.29, 1.82) is 0 Å². The number of sulfonamides is 1. The van der Waals surface area contributed by atoms with Gasteiger partial charge in [0, 0.05) is 5.69 Å². The number of hydrogen-bond donors (Lipinski definition) is 3. The molecule has 0 unspecified atom stereocenters. The van der Waals surface area contributed by atoms with Gasteiger partial charge in [0.25, 0.3) is 10.0 Å². The largest absolute Gasteiger partial charge is 0.464 e. The summed E-state index contributed by atoms with van der Waals surface area (Å²) < 4.78 is 23.6. The third-order valence-corrected chi connectivity index (χ3v) is 2.61. The molecule has 0 radical (unpaired) electrons. The fourth-order valence-corrected chi connectivity index (χ4v) is 1.62. The van der Waals surface area contributed by atoms with E-state index in [9.17, 15) is 13.2 Å². The molecule has 0 aliphatic carbocycles. The molecular formula is C9H10N2O4S. The highest BCUT2D eigenvalue weighted by Crippen LogP contribution is 2.12. The van der Waals surface area contributed by atoms with Crippen LogP contribution in [0.1, 0.15) is 5.56 Å². The monoisotopic (exact) mass is 242 g/mol. The number of carbonyl (C=O) groups is 1. The number of anilines is 1. The smallest absolute Gasteiger partial charge is 0.418 e. The molecule has 1 rings (SSSR count). The number of carboxylic acid groups (broad SMARTS) is 1. The minimum atomic E-state index is -3.98. The Kier molecular flexibility index (Phi) is 3.51. The lowest BCUT2D eigenvalue weighted by Crippen LogP contribution is -2.26. The molecule has 0 fully saturated rings. The van der Waals surface area contributed by atoms with Gasteiger partial charge in [-0.2, -0.15) is 0 Å². The van der Waals surface area contributed by atoms with Crippen LogP contribution in [0.25, 0.3) is 6.08 Å². The maximum Gasteiger partial charge on any atom is 0.418 e. The van der Waals surface area contributed by atoms with Gasteiger partial charge < -0.3 is 10.8 Å². The van der Waals surface area contributed by atoms with E-state index in [1.807, 2.05) is 0 Å². The Morgan fingerprint density at radius 3 is 2.56 bits per heavy atom. The van der Waals surface area contributed by atoms with Gasteiger partial charge in [0.1, 0.15) is 0 Å². The predicted octanol–water partition coefficient (Wildman–Crippen LogP) is 0.837. The molecule has 4 N–H and O–H groups in total. The van der Waals surface area contributed by atoms with E-state index in [4.69, 9.17) is 10.8 Å². The van der Waals surface area contributed by atoms with Gasteiger partial charge in [-0.3, -0.25) is 0 Å². The van der Waals surface area contributed by atoms with Gasteiger partial charge in [0.05, 0.1) is 5.41 Å². The Morgan fingerprint density at radius 1 is 1.38 bits per heavy atom. The number of hydrogen-bond acceptors (Lipinski definition) is 4. The van der Waals surface area contributed by atoms with Gasteiger partial charge in [-0.05, 0) is 17.7 Å². The first-order valence-corrected chi connectivity index (χ1v) is 5.74. The van der Waals surface area contributed by atoms with Crippen molar-refractivity contribution in [2.24, 2.45) is 0 Å². The van der Waals surface area contributed by atoms with E-state index in [1.54, 1.807) is 24.3 Å². The number of amides is 1. The molecule has 0 spiro atoms. The maximum absolute atomic E-state index is 11.1. The van der Waals surface area contributed by atoms with Crippen LogP contribution in [-0.2, 0) is 10.0 Å². The summed E-state index contributed by atoms with van der Waals surface area (Å²) in [6.07, 6.45) is -0.411. The van der Waals surface area contributed by atoms with Gasteiger partial charge in [0.15, 0.2) is 0 Å². The predicted molar refractivity (Wildman–Crippen MR) is 60.0 cm³/mol. The summed E-state index contributed by atoms with van der Waals surface area (Å²) in [6, 6.07) is 6.61. The van der Waals surface area contributed by atoms with Crippen LogP contribution in [0.15, 0.2) is 29.7 Å². The van der Waals surface area contributed by atoms with Crippen LogP contribution in [0.4, 0.5) is 10.5 Å². The van der Waals surface area contributed by atoms with Crippen molar-refractivity contribution in [3.8, 4) is 0 Å². The summed E-state index contributed by atoms with van der Waals surface area (Å²) in [5, 5.41) is 8.99. The summed E-state index contributed by atoms with van der Waals surface area (Å²) in [4.78, 5) is 10.1. The van der Waals surface area contributed by atoms with Crippen molar-refractivity contribution in [2.75, 3.05) is 5.73 Å². The summed E-state index contributed by atoms with van der Waals surface area (Å²) >= 11 is 0. The van der Waals surface area contributed by atoms with E-state index < -0.39 is 16.1 Å². The zero-order valence-corrected chi connectivity index (χ0v) is 8.94. The Balaban J connectivity index is 2.90. The molecule has 6 nitrogen and oxygen atoms in total. The SMILES string of the molecule is Nc1ccccc1C=CS(=O)(=O)NC(=O)O. The van der Waals surface area contributed by atoms with Gasteiger partial charge in [-0.1, -0.05) is 18.2 Å². The van der Waals surface area contributed by atoms with Crippen molar-refractivity contribution in [3.05, 3.63) is 35.2 Å². The minimum Gasteiger partial charge on any atom is -0.464 e. The van der Waals surface area contributed by atoms with Crippen molar-refractivity contribution in [1.82, 2.24) is 4.72 Å². The molecule has 7 heteroatoms. The molecular weight excluding hydrogens is 232 g/mol. The van der Waals surface area contributed by atoms with E-state index in [0.717, 1.165) is 5.41 Å². The second kappa shape index (κ2) is 4.67. The lowest BCUT2D eigenvalue weighted by Gasteiger charge is -1.99. The average Bonchev–Trinajstić information content (AvgIpc) is 2.14. The number of nitrogens with two attached hydrogens (primary N) is 1. The Hall–Kier alpha value is -2.02. The third-order valence-electron chi connectivity index (χ3n) is 1.65. The summed E-state index contributed by atoms with van der Waals surface area (Å²) in [5.41, 5.74) is 6.47. The van der Waals surface area contributed by atoms with E-state index >= 15 is 0 Å². The first kappa shape index (κ1) is 12.1. The quantitative estimate of drug-likeness (QED) is 0.680. The van der Waals surface area contributed by atoms with Crippen LogP contribution in [0, 0.1) is 0 Å². The molecule has 0 heterocycles. The molecule has 0 saturated carbocycles. The summed E-state index contributed by atoms with van der Waals surface area (Å²) in [7, 11) is -3.98. The van der Waals surface area contributed by atoms with E-state index in [0.29, 0.717) is 11.3 Å². The fourth-order valence-electron chi connectivity index (χ4n) is 0.981. The van der Waals surface area contributed by atoms with Gasteiger partial charge in [-0.15, -0.1) is 0 Å². The topological polar surface area (TPSA) is 109 Å².